The molecular weight excluding hydrogens is 502 g/mol. The lowest BCUT2D eigenvalue weighted by Crippen LogP contribution is -2.49. The summed E-state index contributed by atoms with van der Waals surface area (Å²) in [6.07, 6.45) is 0. The summed E-state index contributed by atoms with van der Waals surface area (Å²) in [6.45, 7) is 6.54. The van der Waals surface area contributed by atoms with Gasteiger partial charge in [0.05, 0.1) is 9.62 Å². The maximum Gasteiger partial charge on any atom is 0.285 e. The zero-order chi connectivity index (χ0) is 26.1. The summed E-state index contributed by atoms with van der Waals surface area (Å²) in [5.74, 6) is -0.168. The summed E-state index contributed by atoms with van der Waals surface area (Å²) in [5, 5.41) is 19.6. The first-order valence-electron chi connectivity index (χ1n) is 11.3. The Morgan fingerprint density at radius 2 is 1.72 bits per heavy atom. The number of thiophene rings is 1. The fourth-order valence-electron chi connectivity index (χ4n) is 3.52. The molecule has 0 radical (unpaired) electrons. The lowest BCUT2D eigenvalue weighted by molar-refractivity contribution is 0.0751. The number of hydrogen-bond acceptors (Lipinski definition) is 9. The van der Waals surface area contributed by atoms with E-state index in [9.17, 15) is 23.1 Å². The SMILES string of the molecule is CC(C)(C)S(=O)(=O)NC(=O)c1ccc(N2CCN(C(=O)c3cc(-c4cccc(O)c4)cs3)CC2)nn1. The van der Waals surface area contributed by atoms with Gasteiger partial charge in [-0.25, -0.2) is 13.1 Å². The van der Waals surface area contributed by atoms with Crippen LogP contribution in [-0.4, -0.2) is 71.4 Å². The number of amides is 2. The molecule has 1 fully saturated rings. The molecule has 0 aliphatic carbocycles. The van der Waals surface area contributed by atoms with Gasteiger partial charge in [0.15, 0.2) is 11.5 Å². The number of benzene rings is 1. The molecule has 0 saturated carbocycles. The molecule has 0 unspecified atom stereocenters. The number of carbonyl (C=O) groups excluding carboxylic acids is 2. The molecule has 0 spiro atoms. The van der Waals surface area contributed by atoms with E-state index in [-0.39, 0.29) is 17.4 Å². The van der Waals surface area contributed by atoms with E-state index in [4.69, 9.17) is 0 Å². The molecule has 3 heterocycles. The van der Waals surface area contributed by atoms with E-state index in [1.807, 2.05) is 27.1 Å². The molecular formula is C24H27N5O5S2. The van der Waals surface area contributed by atoms with Gasteiger partial charge in [-0.05, 0) is 67.6 Å². The van der Waals surface area contributed by atoms with Crippen LogP contribution < -0.4 is 9.62 Å². The molecule has 2 aromatic heterocycles. The number of rotatable bonds is 5. The Balaban J connectivity index is 1.35. The number of sulfonamides is 1. The predicted octanol–water partition coefficient (Wildman–Crippen LogP) is 2.73. The number of nitrogens with zero attached hydrogens (tertiary/aromatic N) is 4. The van der Waals surface area contributed by atoms with Crippen LogP contribution in [0.5, 0.6) is 5.75 Å². The van der Waals surface area contributed by atoms with Crippen molar-refractivity contribution in [1.29, 1.82) is 0 Å². The summed E-state index contributed by atoms with van der Waals surface area (Å²) >= 11 is 1.37. The van der Waals surface area contributed by atoms with Gasteiger partial charge in [-0.2, -0.15) is 0 Å². The van der Waals surface area contributed by atoms with Gasteiger partial charge in [-0.1, -0.05) is 12.1 Å². The molecule has 2 amide bonds. The second-order valence-corrected chi connectivity index (χ2v) is 12.7. The molecule has 36 heavy (non-hydrogen) atoms. The summed E-state index contributed by atoms with van der Waals surface area (Å²) in [4.78, 5) is 29.7. The number of aromatic nitrogens is 2. The number of anilines is 1. The van der Waals surface area contributed by atoms with E-state index in [1.165, 1.54) is 38.2 Å². The van der Waals surface area contributed by atoms with E-state index >= 15 is 0 Å². The lowest BCUT2D eigenvalue weighted by Gasteiger charge is -2.35. The van der Waals surface area contributed by atoms with Crippen LogP contribution >= 0.6 is 11.3 Å². The highest BCUT2D eigenvalue weighted by Gasteiger charge is 2.31. The van der Waals surface area contributed by atoms with Gasteiger partial charge in [0.2, 0.25) is 10.0 Å². The van der Waals surface area contributed by atoms with Gasteiger partial charge in [-0.3, -0.25) is 9.59 Å². The van der Waals surface area contributed by atoms with E-state index in [0.29, 0.717) is 36.9 Å². The topological polar surface area (TPSA) is 133 Å². The van der Waals surface area contributed by atoms with Crippen molar-refractivity contribution >= 4 is 39.0 Å². The van der Waals surface area contributed by atoms with Gasteiger partial charge in [-0.15, -0.1) is 21.5 Å². The van der Waals surface area contributed by atoms with Crippen LogP contribution in [0.4, 0.5) is 5.82 Å². The molecule has 1 saturated heterocycles. The van der Waals surface area contributed by atoms with Crippen molar-refractivity contribution in [2.24, 2.45) is 0 Å². The third-order valence-corrected chi connectivity index (χ3v) is 8.78. The normalized spacial score (nSPS) is 14.5. The zero-order valence-electron chi connectivity index (χ0n) is 20.1. The Bertz CT molecular complexity index is 1370. The molecule has 10 nitrogen and oxygen atoms in total. The predicted molar refractivity (Wildman–Crippen MR) is 138 cm³/mol. The molecule has 190 valence electrons. The fraction of sp³-hybridized carbons (Fsp3) is 0.333. The third kappa shape index (κ3) is 5.49. The van der Waals surface area contributed by atoms with Gasteiger partial charge < -0.3 is 14.9 Å². The third-order valence-electron chi connectivity index (χ3n) is 5.80. The fourth-order valence-corrected chi connectivity index (χ4v) is 5.06. The number of nitrogens with one attached hydrogen (secondary N) is 1. The largest absolute Gasteiger partial charge is 0.508 e. The van der Waals surface area contributed by atoms with Crippen LogP contribution in [0, 0.1) is 0 Å². The first kappa shape index (κ1) is 25.6. The minimum Gasteiger partial charge on any atom is -0.508 e. The molecule has 0 bridgehead atoms. The van der Waals surface area contributed by atoms with Crippen molar-refractivity contribution in [3.05, 3.63) is 58.4 Å². The zero-order valence-corrected chi connectivity index (χ0v) is 21.8. The number of phenolic OH excluding ortho intramolecular Hbond substituents is 1. The van der Waals surface area contributed by atoms with Crippen molar-refractivity contribution in [1.82, 2.24) is 19.8 Å². The summed E-state index contributed by atoms with van der Waals surface area (Å²) < 4.78 is 25.3. The maximum atomic E-state index is 13.0. The van der Waals surface area contributed by atoms with Crippen LogP contribution in [0.25, 0.3) is 11.1 Å². The van der Waals surface area contributed by atoms with E-state index in [1.54, 1.807) is 29.2 Å². The van der Waals surface area contributed by atoms with Crippen LogP contribution in [0.2, 0.25) is 0 Å². The average molecular weight is 530 g/mol. The molecule has 4 rings (SSSR count). The highest BCUT2D eigenvalue weighted by molar-refractivity contribution is 7.91. The van der Waals surface area contributed by atoms with Crippen molar-refractivity contribution in [2.75, 3.05) is 31.1 Å². The monoisotopic (exact) mass is 529 g/mol. The number of aromatic hydroxyl groups is 1. The minimum absolute atomic E-state index is 0.0517. The molecule has 1 aliphatic heterocycles. The smallest absolute Gasteiger partial charge is 0.285 e. The first-order chi connectivity index (χ1) is 16.9. The van der Waals surface area contributed by atoms with Gasteiger partial charge in [0.25, 0.3) is 11.8 Å². The van der Waals surface area contributed by atoms with Crippen LogP contribution in [0.1, 0.15) is 40.9 Å². The second kappa shape index (κ2) is 9.86. The Morgan fingerprint density at radius 3 is 2.33 bits per heavy atom. The molecule has 3 aromatic rings. The number of hydrogen-bond donors (Lipinski definition) is 2. The molecule has 0 atom stereocenters. The van der Waals surface area contributed by atoms with Crippen LogP contribution in [-0.2, 0) is 10.0 Å². The molecule has 12 heteroatoms. The molecule has 1 aromatic carbocycles. The quantitative estimate of drug-likeness (QED) is 0.516. The Kier molecular flexibility index (Phi) is 7.01. The highest BCUT2D eigenvalue weighted by atomic mass is 32.2. The summed E-state index contributed by atoms with van der Waals surface area (Å²) in [7, 11) is -3.85. The van der Waals surface area contributed by atoms with Crippen LogP contribution in [0.3, 0.4) is 0 Å². The van der Waals surface area contributed by atoms with Gasteiger partial charge in [0.1, 0.15) is 5.75 Å². The Labute approximate surface area is 213 Å². The number of carbonyl (C=O) groups is 2. The second-order valence-electron chi connectivity index (χ2n) is 9.35. The van der Waals surface area contributed by atoms with Crippen molar-refractivity contribution < 1.29 is 23.1 Å². The summed E-state index contributed by atoms with van der Waals surface area (Å²) in [6, 6.07) is 11.8. The maximum absolute atomic E-state index is 13.0. The Hall–Kier alpha value is -3.51. The standard InChI is InChI=1S/C24H27N5O5S2/c1-24(2,3)36(33,34)27-22(31)19-7-8-21(26-25-19)28-9-11-29(12-10-28)23(32)20-14-17(15-35-20)16-5-4-6-18(30)13-16/h4-8,13-15,30H,9-12H2,1-3H3,(H,27,31). The van der Waals surface area contributed by atoms with Crippen molar-refractivity contribution in [3.8, 4) is 16.9 Å². The van der Waals surface area contributed by atoms with Crippen molar-refractivity contribution in [3.63, 3.8) is 0 Å². The molecule has 2 N–H and O–H groups in total. The van der Waals surface area contributed by atoms with Gasteiger partial charge in [0, 0.05) is 26.2 Å². The first-order valence-corrected chi connectivity index (χ1v) is 13.6. The number of phenols is 1. The minimum atomic E-state index is -3.85. The lowest BCUT2D eigenvalue weighted by atomic mass is 10.1. The Morgan fingerprint density at radius 1 is 1.00 bits per heavy atom. The van der Waals surface area contributed by atoms with Crippen molar-refractivity contribution in [2.45, 2.75) is 25.5 Å². The van der Waals surface area contributed by atoms with Crippen LogP contribution in [0.15, 0.2) is 47.8 Å². The van der Waals surface area contributed by atoms with E-state index in [2.05, 4.69) is 10.2 Å². The highest BCUT2D eigenvalue weighted by Crippen LogP contribution is 2.29. The molecule has 1 aliphatic rings. The number of piperazine rings is 1. The van der Waals surface area contributed by atoms with Gasteiger partial charge >= 0.3 is 0 Å². The summed E-state index contributed by atoms with van der Waals surface area (Å²) in [5.41, 5.74) is 1.63. The van der Waals surface area contributed by atoms with E-state index < -0.39 is 20.7 Å². The van der Waals surface area contributed by atoms with E-state index in [0.717, 1.165) is 11.1 Å². The average Bonchev–Trinajstić information content (AvgIpc) is 3.33.